The highest BCUT2D eigenvalue weighted by Crippen LogP contribution is 2.32. The second-order valence-corrected chi connectivity index (χ2v) is 9.90. The minimum atomic E-state index is -0.134. The first-order chi connectivity index (χ1) is 15.9. The first kappa shape index (κ1) is 23.0. The zero-order valence-corrected chi connectivity index (χ0v) is 20.5. The highest BCUT2D eigenvalue weighted by Gasteiger charge is 2.16. The van der Waals surface area contributed by atoms with Gasteiger partial charge in [-0.15, -0.1) is 17.9 Å². The number of allylic oxidation sites excluding steroid dienone is 1. The predicted octanol–water partition coefficient (Wildman–Crippen LogP) is 5.97. The minimum absolute atomic E-state index is 0.111. The van der Waals surface area contributed by atoms with Gasteiger partial charge in [0.2, 0.25) is 5.91 Å². The largest absolute Gasteiger partial charge is 0.325 e. The van der Waals surface area contributed by atoms with Crippen LogP contribution in [0.4, 0.5) is 5.69 Å². The molecule has 0 radical (unpaired) electrons. The van der Waals surface area contributed by atoms with E-state index in [0.29, 0.717) is 21.9 Å². The van der Waals surface area contributed by atoms with Gasteiger partial charge in [0.15, 0.2) is 5.16 Å². The van der Waals surface area contributed by atoms with Crippen LogP contribution in [-0.4, -0.2) is 21.2 Å². The summed E-state index contributed by atoms with van der Waals surface area (Å²) in [6.07, 6.45) is 1.67. The normalized spacial score (nSPS) is 11.0. The number of aryl methyl sites for hydroxylation is 3. The zero-order valence-electron chi connectivity index (χ0n) is 18.8. The van der Waals surface area contributed by atoms with E-state index in [4.69, 9.17) is 4.98 Å². The van der Waals surface area contributed by atoms with Crippen molar-refractivity contribution in [3.05, 3.63) is 88.2 Å². The van der Waals surface area contributed by atoms with Crippen molar-refractivity contribution >= 4 is 44.9 Å². The van der Waals surface area contributed by atoms with Gasteiger partial charge in [-0.25, -0.2) is 4.98 Å². The summed E-state index contributed by atoms with van der Waals surface area (Å²) in [6.45, 7) is 10.1. The highest BCUT2D eigenvalue weighted by atomic mass is 32.2. The molecule has 0 fully saturated rings. The molecule has 0 aliphatic rings. The van der Waals surface area contributed by atoms with E-state index in [2.05, 4.69) is 11.9 Å². The highest BCUT2D eigenvalue weighted by molar-refractivity contribution is 7.99. The van der Waals surface area contributed by atoms with Gasteiger partial charge in [-0.05, 0) is 43.5 Å². The zero-order chi connectivity index (χ0) is 23.5. The number of fused-ring (bicyclic) bond motifs is 1. The number of benzene rings is 2. The number of aromatic nitrogens is 2. The Labute approximate surface area is 201 Å². The molecule has 33 heavy (non-hydrogen) atoms. The van der Waals surface area contributed by atoms with Crippen molar-refractivity contribution in [1.29, 1.82) is 0 Å². The van der Waals surface area contributed by atoms with Crippen molar-refractivity contribution in [3.63, 3.8) is 0 Å². The summed E-state index contributed by atoms with van der Waals surface area (Å²) in [4.78, 5) is 31.7. The van der Waals surface area contributed by atoms with Crippen molar-refractivity contribution in [2.24, 2.45) is 0 Å². The maximum atomic E-state index is 13.2. The van der Waals surface area contributed by atoms with Crippen molar-refractivity contribution in [2.75, 3.05) is 11.1 Å². The van der Waals surface area contributed by atoms with Gasteiger partial charge in [0.1, 0.15) is 4.70 Å². The molecule has 7 heteroatoms. The van der Waals surface area contributed by atoms with E-state index in [1.165, 1.54) is 23.1 Å². The number of thioether (sulfide) groups is 1. The van der Waals surface area contributed by atoms with Gasteiger partial charge in [-0.1, -0.05) is 65.9 Å². The quantitative estimate of drug-likeness (QED) is 0.203. The molecule has 168 valence electrons. The fourth-order valence-corrected chi connectivity index (χ4v) is 5.68. The SMILES string of the molecule is C=CCn1c(SCC(=O)Nc2c(C)cc(C)cc2C)nc2cc(-c3ccccc3)sc2c1=O. The Bertz CT molecular complexity index is 1380. The standard InChI is InChI=1S/C26H25N3O2S2/c1-5-11-29-25(31)24-20(14-21(33-24)19-9-7-6-8-10-19)27-26(29)32-15-22(30)28-23-17(3)12-16(2)13-18(23)4/h5-10,12-14H,1,11,15H2,2-4H3,(H,28,30). The summed E-state index contributed by atoms with van der Waals surface area (Å²) < 4.78 is 2.19. The molecule has 0 spiro atoms. The number of anilines is 1. The van der Waals surface area contributed by atoms with E-state index < -0.39 is 0 Å². The number of hydrogen-bond acceptors (Lipinski definition) is 5. The number of rotatable bonds is 7. The summed E-state index contributed by atoms with van der Waals surface area (Å²) in [7, 11) is 0. The number of thiophene rings is 1. The van der Waals surface area contributed by atoms with Crippen molar-refractivity contribution in [3.8, 4) is 10.4 Å². The number of nitrogens with one attached hydrogen (secondary N) is 1. The number of amides is 1. The van der Waals surface area contributed by atoms with Gasteiger partial charge < -0.3 is 5.32 Å². The molecule has 1 amide bonds. The predicted molar refractivity (Wildman–Crippen MR) is 140 cm³/mol. The monoisotopic (exact) mass is 475 g/mol. The fraction of sp³-hybridized carbons (Fsp3) is 0.192. The summed E-state index contributed by atoms with van der Waals surface area (Å²) in [5.74, 6) is 0.0159. The van der Waals surface area contributed by atoms with Crippen LogP contribution in [0.2, 0.25) is 0 Å². The molecular weight excluding hydrogens is 450 g/mol. The average Bonchev–Trinajstić information content (AvgIpc) is 3.22. The fourth-order valence-electron chi connectivity index (χ4n) is 3.82. The lowest BCUT2D eigenvalue weighted by Gasteiger charge is -2.13. The van der Waals surface area contributed by atoms with Gasteiger partial charge in [-0.2, -0.15) is 0 Å². The molecule has 4 aromatic rings. The first-order valence-corrected chi connectivity index (χ1v) is 12.4. The third-order valence-electron chi connectivity index (χ3n) is 5.24. The lowest BCUT2D eigenvalue weighted by Crippen LogP contribution is -2.23. The minimum Gasteiger partial charge on any atom is -0.325 e. The Balaban J connectivity index is 1.61. The van der Waals surface area contributed by atoms with Crippen LogP contribution in [0.25, 0.3) is 20.7 Å². The second kappa shape index (κ2) is 9.77. The molecule has 0 aliphatic carbocycles. The van der Waals surface area contributed by atoms with Crippen LogP contribution in [0.5, 0.6) is 0 Å². The molecule has 0 atom stereocenters. The summed E-state index contributed by atoms with van der Waals surface area (Å²) in [5.41, 5.74) is 5.64. The Kier molecular flexibility index (Phi) is 6.81. The average molecular weight is 476 g/mol. The Morgan fingerprint density at radius 1 is 1.15 bits per heavy atom. The Morgan fingerprint density at radius 2 is 1.85 bits per heavy atom. The molecule has 0 bridgehead atoms. The topological polar surface area (TPSA) is 64.0 Å². The van der Waals surface area contributed by atoms with Crippen LogP contribution in [0, 0.1) is 20.8 Å². The number of hydrogen-bond donors (Lipinski definition) is 1. The number of carbonyl (C=O) groups excluding carboxylic acids is 1. The van der Waals surface area contributed by atoms with Crippen molar-refractivity contribution in [1.82, 2.24) is 9.55 Å². The Morgan fingerprint density at radius 3 is 2.52 bits per heavy atom. The summed E-state index contributed by atoms with van der Waals surface area (Å²) in [5, 5.41) is 3.52. The summed E-state index contributed by atoms with van der Waals surface area (Å²) >= 11 is 2.70. The van der Waals surface area contributed by atoms with E-state index in [0.717, 1.165) is 32.8 Å². The lowest BCUT2D eigenvalue weighted by atomic mass is 10.1. The van der Waals surface area contributed by atoms with Crippen LogP contribution in [0.3, 0.4) is 0 Å². The maximum absolute atomic E-state index is 13.2. The number of carbonyl (C=O) groups is 1. The third kappa shape index (κ3) is 4.94. The lowest BCUT2D eigenvalue weighted by molar-refractivity contribution is -0.113. The van der Waals surface area contributed by atoms with Crippen LogP contribution in [-0.2, 0) is 11.3 Å². The molecule has 5 nitrogen and oxygen atoms in total. The van der Waals surface area contributed by atoms with Gasteiger partial charge in [-0.3, -0.25) is 14.2 Å². The van der Waals surface area contributed by atoms with E-state index in [9.17, 15) is 9.59 Å². The Hall–Kier alpha value is -3.16. The van der Waals surface area contributed by atoms with Crippen molar-refractivity contribution < 1.29 is 4.79 Å². The van der Waals surface area contributed by atoms with Gasteiger partial charge in [0.25, 0.3) is 5.56 Å². The maximum Gasteiger partial charge on any atom is 0.272 e. The van der Waals surface area contributed by atoms with Crippen LogP contribution in [0.1, 0.15) is 16.7 Å². The molecule has 0 saturated carbocycles. The smallest absolute Gasteiger partial charge is 0.272 e. The molecule has 2 aromatic heterocycles. The third-order valence-corrected chi connectivity index (χ3v) is 7.38. The van der Waals surface area contributed by atoms with Gasteiger partial charge in [0, 0.05) is 17.1 Å². The second-order valence-electron chi connectivity index (χ2n) is 7.90. The van der Waals surface area contributed by atoms with Crippen molar-refractivity contribution in [2.45, 2.75) is 32.5 Å². The van der Waals surface area contributed by atoms with Crippen LogP contribution < -0.4 is 10.9 Å². The molecule has 0 saturated heterocycles. The first-order valence-electron chi connectivity index (χ1n) is 10.6. The van der Waals surface area contributed by atoms with E-state index >= 15 is 0 Å². The molecule has 0 unspecified atom stereocenters. The van der Waals surface area contributed by atoms with Crippen LogP contribution >= 0.6 is 23.1 Å². The van der Waals surface area contributed by atoms with Crippen LogP contribution in [0.15, 0.2) is 71.1 Å². The molecule has 0 aliphatic heterocycles. The molecule has 4 rings (SSSR count). The number of nitrogens with zero attached hydrogens (tertiary/aromatic N) is 2. The van der Waals surface area contributed by atoms with E-state index in [-0.39, 0.29) is 17.2 Å². The molecular formula is C26H25N3O2S2. The van der Waals surface area contributed by atoms with Gasteiger partial charge >= 0.3 is 0 Å². The summed E-state index contributed by atoms with van der Waals surface area (Å²) in [6, 6.07) is 16.0. The van der Waals surface area contributed by atoms with E-state index in [1.807, 2.05) is 69.3 Å². The molecule has 1 N–H and O–H groups in total. The van der Waals surface area contributed by atoms with E-state index in [1.54, 1.807) is 10.6 Å². The molecule has 2 aromatic carbocycles. The molecule has 2 heterocycles. The van der Waals surface area contributed by atoms with Gasteiger partial charge in [0.05, 0.1) is 11.3 Å².